The van der Waals surface area contributed by atoms with Crippen LogP contribution >= 0.6 is 0 Å². The molecular formula is C19H15F2NO. The molecule has 3 rings (SSSR count). The number of nitrogens with one attached hydrogen (secondary N) is 1. The van der Waals surface area contributed by atoms with Gasteiger partial charge in [0.2, 0.25) is 0 Å². The summed E-state index contributed by atoms with van der Waals surface area (Å²) in [5.41, 5.74) is 1.11. The molecule has 2 aromatic rings. The smallest absolute Gasteiger partial charge is 0.190 e. The number of hydrogen-bond acceptors (Lipinski definition) is 2. The zero-order chi connectivity index (χ0) is 16.2. The van der Waals surface area contributed by atoms with Crippen molar-refractivity contribution in [2.24, 2.45) is 0 Å². The molecule has 1 N–H and O–H groups in total. The minimum absolute atomic E-state index is 0.0741. The minimum atomic E-state index is -0.540. The maximum absolute atomic E-state index is 14.6. The number of ketones is 1. The Hall–Kier alpha value is -2.59. The van der Waals surface area contributed by atoms with E-state index in [1.807, 2.05) is 0 Å². The molecule has 0 atom stereocenters. The Balaban J connectivity index is 1.98. The van der Waals surface area contributed by atoms with Gasteiger partial charge in [-0.2, -0.15) is 0 Å². The van der Waals surface area contributed by atoms with Gasteiger partial charge in [-0.1, -0.05) is 48.5 Å². The number of rotatable bonds is 2. The highest BCUT2D eigenvalue weighted by Crippen LogP contribution is 2.25. The Labute approximate surface area is 133 Å². The van der Waals surface area contributed by atoms with Crippen molar-refractivity contribution in [1.29, 1.82) is 0 Å². The van der Waals surface area contributed by atoms with Crippen molar-refractivity contribution >= 4 is 17.7 Å². The largest absolute Gasteiger partial charge is 0.308 e. The molecule has 0 aliphatic carbocycles. The van der Waals surface area contributed by atoms with Crippen molar-refractivity contribution < 1.29 is 13.6 Å². The Morgan fingerprint density at radius 3 is 2.43 bits per heavy atom. The molecule has 0 aromatic heterocycles. The number of carbonyl (C=O) groups is 1. The maximum atomic E-state index is 14.6. The van der Waals surface area contributed by atoms with Gasteiger partial charge in [0.1, 0.15) is 11.6 Å². The lowest BCUT2D eigenvalue weighted by Gasteiger charge is -2.19. The number of carbonyl (C=O) groups excluding carboxylic acids is 1. The molecule has 4 heteroatoms. The van der Waals surface area contributed by atoms with E-state index in [9.17, 15) is 13.6 Å². The van der Waals surface area contributed by atoms with E-state index in [2.05, 4.69) is 5.32 Å². The highest BCUT2D eigenvalue weighted by molar-refractivity contribution is 6.15. The lowest BCUT2D eigenvalue weighted by molar-refractivity contribution is -0.112. The molecular weight excluding hydrogens is 296 g/mol. The molecule has 1 saturated heterocycles. The quantitative estimate of drug-likeness (QED) is 0.856. The summed E-state index contributed by atoms with van der Waals surface area (Å²) in [7, 11) is 0. The Morgan fingerprint density at radius 1 is 1.00 bits per heavy atom. The summed E-state index contributed by atoms with van der Waals surface area (Å²) in [6, 6.07) is 14.6. The molecule has 0 unspecified atom stereocenters. The molecule has 1 aliphatic heterocycles. The molecule has 1 fully saturated rings. The van der Waals surface area contributed by atoms with Gasteiger partial charge in [-0.3, -0.25) is 4.79 Å². The van der Waals surface area contributed by atoms with Crippen LogP contribution in [0, 0.1) is 5.82 Å². The highest BCUT2D eigenvalue weighted by atomic mass is 19.1. The third-order valence-electron chi connectivity index (χ3n) is 3.71. The van der Waals surface area contributed by atoms with Gasteiger partial charge in [-0.25, -0.2) is 8.78 Å². The fraction of sp³-hybridized carbons (Fsp3) is 0.105. The van der Waals surface area contributed by atoms with Gasteiger partial charge in [0.15, 0.2) is 5.78 Å². The fourth-order valence-corrected chi connectivity index (χ4v) is 2.51. The zero-order valence-electron chi connectivity index (χ0n) is 12.4. The summed E-state index contributed by atoms with van der Waals surface area (Å²) in [4.78, 5) is 12.5. The third-order valence-corrected chi connectivity index (χ3v) is 3.71. The number of hydrogen-bond donors (Lipinski definition) is 1. The minimum Gasteiger partial charge on any atom is -0.308 e. The SMILES string of the molecule is O=C1C(=Cc2ccccc2F)CNCC1=C(F)c1ccccc1. The van der Waals surface area contributed by atoms with E-state index < -0.39 is 11.6 Å². The van der Waals surface area contributed by atoms with Gasteiger partial charge in [-0.15, -0.1) is 0 Å². The van der Waals surface area contributed by atoms with Crippen LogP contribution in [0.2, 0.25) is 0 Å². The van der Waals surface area contributed by atoms with Crippen LogP contribution in [0.4, 0.5) is 8.78 Å². The molecule has 0 saturated carbocycles. The molecule has 116 valence electrons. The van der Waals surface area contributed by atoms with Gasteiger partial charge in [0.25, 0.3) is 0 Å². The molecule has 0 bridgehead atoms. The molecule has 0 spiro atoms. The molecule has 1 aliphatic rings. The summed E-state index contributed by atoms with van der Waals surface area (Å²) >= 11 is 0. The monoisotopic (exact) mass is 311 g/mol. The number of benzene rings is 2. The molecule has 0 radical (unpaired) electrons. The first-order valence-corrected chi connectivity index (χ1v) is 7.31. The normalized spacial score (nSPS) is 19.0. The average molecular weight is 311 g/mol. The number of halogens is 2. The van der Waals surface area contributed by atoms with Crippen molar-refractivity contribution in [2.75, 3.05) is 13.1 Å². The van der Waals surface area contributed by atoms with E-state index in [4.69, 9.17) is 0 Å². The van der Waals surface area contributed by atoms with Gasteiger partial charge in [0, 0.05) is 35.4 Å². The van der Waals surface area contributed by atoms with E-state index in [0.717, 1.165) is 0 Å². The van der Waals surface area contributed by atoms with Crippen LogP contribution < -0.4 is 5.32 Å². The van der Waals surface area contributed by atoms with Crippen molar-refractivity contribution in [3.8, 4) is 0 Å². The lowest BCUT2D eigenvalue weighted by atomic mass is 9.95. The van der Waals surface area contributed by atoms with E-state index >= 15 is 0 Å². The van der Waals surface area contributed by atoms with Crippen LogP contribution in [0.1, 0.15) is 11.1 Å². The van der Waals surface area contributed by atoms with E-state index in [-0.39, 0.29) is 17.9 Å². The highest BCUT2D eigenvalue weighted by Gasteiger charge is 2.24. The first-order valence-electron chi connectivity index (χ1n) is 7.31. The predicted octanol–water partition coefficient (Wildman–Crippen LogP) is 3.76. The fourth-order valence-electron chi connectivity index (χ4n) is 2.51. The summed E-state index contributed by atoms with van der Waals surface area (Å²) < 4.78 is 28.3. The standard InChI is InChI=1S/C19H15F2NO/c20-17-9-5-4-8-14(17)10-15-11-22-12-16(19(15)23)18(21)13-6-2-1-3-7-13/h1-10,22H,11-12H2. The van der Waals surface area contributed by atoms with Crippen LogP contribution in [-0.4, -0.2) is 18.9 Å². The zero-order valence-corrected chi connectivity index (χ0v) is 12.4. The Bertz CT molecular complexity index is 794. The summed E-state index contributed by atoms with van der Waals surface area (Å²) in [6.07, 6.45) is 1.47. The van der Waals surface area contributed by atoms with Gasteiger partial charge in [-0.05, 0) is 12.1 Å². The summed E-state index contributed by atoms with van der Waals surface area (Å²) in [5.74, 6) is -1.33. The first kappa shape index (κ1) is 15.3. The molecule has 2 nitrogen and oxygen atoms in total. The van der Waals surface area contributed by atoms with Crippen molar-refractivity contribution in [3.05, 3.63) is 82.7 Å². The average Bonchev–Trinajstić information content (AvgIpc) is 2.59. The number of Topliss-reactive ketones (excluding diaryl/α,β-unsaturated/α-hetero) is 1. The van der Waals surface area contributed by atoms with Gasteiger partial charge < -0.3 is 5.32 Å². The Kier molecular flexibility index (Phi) is 4.44. The van der Waals surface area contributed by atoms with E-state index in [1.54, 1.807) is 48.5 Å². The summed E-state index contributed by atoms with van der Waals surface area (Å²) in [6.45, 7) is 0.451. The predicted molar refractivity (Wildman–Crippen MR) is 86.7 cm³/mol. The van der Waals surface area contributed by atoms with Crippen molar-refractivity contribution in [2.45, 2.75) is 0 Å². The van der Waals surface area contributed by atoms with Crippen LogP contribution in [0.3, 0.4) is 0 Å². The van der Waals surface area contributed by atoms with Crippen LogP contribution in [0.25, 0.3) is 11.9 Å². The molecule has 23 heavy (non-hydrogen) atoms. The maximum Gasteiger partial charge on any atom is 0.190 e. The molecule has 0 amide bonds. The van der Waals surface area contributed by atoms with Crippen molar-refractivity contribution in [1.82, 2.24) is 5.32 Å². The van der Waals surface area contributed by atoms with Crippen LogP contribution in [0.15, 0.2) is 65.7 Å². The third kappa shape index (κ3) is 3.27. The topological polar surface area (TPSA) is 29.1 Å². The Morgan fingerprint density at radius 2 is 1.70 bits per heavy atom. The van der Waals surface area contributed by atoms with Crippen LogP contribution in [-0.2, 0) is 4.79 Å². The van der Waals surface area contributed by atoms with Crippen molar-refractivity contribution in [3.63, 3.8) is 0 Å². The first-order chi connectivity index (χ1) is 11.2. The van der Waals surface area contributed by atoms with Crippen LogP contribution in [0.5, 0.6) is 0 Å². The second-order valence-corrected chi connectivity index (χ2v) is 5.28. The van der Waals surface area contributed by atoms with E-state index in [0.29, 0.717) is 23.2 Å². The van der Waals surface area contributed by atoms with Gasteiger partial charge in [0.05, 0.1) is 0 Å². The molecule has 1 heterocycles. The van der Waals surface area contributed by atoms with Gasteiger partial charge >= 0.3 is 0 Å². The second kappa shape index (κ2) is 6.67. The number of piperidine rings is 1. The summed E-state index contributed by atoms with van der Waals surface area (Å²) in [5, 5.41) is 3.00. The molecule has 2 aromatic carbocycles. The second-order valence-electron chi connectivity index (χ2n) is 5.28. The van der Waals surface area contributed by atoms with E-state index in [1.165, 1.54) is 12.1 Å². The lowest BCUT2D eigenvalue weighted by Crippen LogP contribution is -2.33.